The average molecular weight is 250 g/mol. The molecule has 92 valence electrons. The van der Waals surface area contributed by atoms with Crippen molar-refractivity contribution >= 4 is 17.7 Å². The zero-order valence-electron chi connectivity index (χ0n) is 10.0. The molecule has 3 nitrogen and oxygen atoms in total. The Morgan fingerprint density at radius 3 is 3.12 bits per heavy atom. The zero-order chi connectivity index (χ0) is 12.1. The minimum atomic E-state index is 0.0820. The number of fused-ring (bicyclic) bond motifs is 1. The van der Waals surface area contributed by atoms with E-state index in [1.54, 1.807) is 0 Å². The Hall–Kier alpha value is -1.00. The molecule has 0 saturated heterocycles. The van der Waals surface area contributed by atoms with Gasteiger partial charge in [-0.3, -0.25) is 4.79 Å². The summed E-state index contributed by atoms with van der Waals surface area (Å²) in [6, 6.07) is 8.50. The fourth-order valence-electron chi connectivity index (χ4n) is 1.98. The second-order valence-corrected chi connectivity index (χ2v) is 5.21. The summed E-state index contributed by atoms with van der Waals surface area (Å²) in [5, 5.41) is 6.14. The molecule has 2 N–H and O–H groups in total. The Kier molecular flexibility index (Phi) is 4.45. The van der Waals surface area contributed by atoms with Gasteiger partial charge in [0.1, 0.15) is 0 Å². The standard InChI is InChI=1S/C13H18N2OS/c1-2-14-9-13(16)15-11-7-8-17-12-6-4-3-5-10(11)12/h3-6,11,14H,2,7-9H2,1H3,(H,15,16). The average Bonchev–Trinajstić information content (AvgIpc) is 2.37. The Labute approximate surface area is 106 Å². The van der Waals surface area contributed by atoms with E-state index < -0.39 is 0 Å². The first kappa shape index (κ1) is 12.5. The highest BCUT2D eigenvalue weighted by molar-refractivity contribution is 7.99. The quantitative estimate of drug-likeness (QED) is 0.858. The highest BCUT2D eigenvalue weighted by Crippen LogP contribution is 2.35. The molecule has 1 aromatic rings. The van der Waals surface area contributed by atoms with Crippen molar-refractivity contribution in [3.63, 3.8) is 0 Å². The molecular weight excluding hydrogens is 232 g/mol. The van der Waals surface area contributed by atoms with Crippen LogP contribution in [-0.2, 0) is 4.79 Å². The van der Waals surface area contributed by atoms with Gasteiger partial charge in [-0.1, -0.05) is 25.1 Å². The molecule has 4 heteroatoms. The zero-order valence-corrected chi connectivity index (χ0v) is 10.8. The molecule has 2 rings (SSSR count). The van der Waals surface area contributed by atoms with Crippen LogP contribution in [0.15, 0.2) is 29.2 Å². The fourth-order valence-corrected chi connectivity index (χ4v) is 3.10. The maximum atomic E-state index is 11.7. The van der Waals surface area contributed by atoms with Crippen molar-refractivity contribution in [1.82, 2.24) is 10.6 Å². The number of likely N-dealkylation sites (N-methyl/N-ethyl adjacent to an activating group) is 1. The lowest BCUT2D eigenvalue weighted by atomic mass is 10.0. The number of thioether (sulfide) groups is 1. The summed E-state index contributed by atoms with van der Waals surface area (Å²) in [6.45, 7) is 3.23. The molecule has 0 saturated carbocycles. The van der Waals surface area contributed by atoms with Gasteiger partial charge in [-0.05, 0) is 24.6 Å². The van der Waals surface area contributed by atoms with Crippen molar-refractivity contribution in [3.05, 3.63) is 29.8 Å². The molecule has 0 fully saturated rings. The number of hydrogen-bond acceptors (Lipinski definition) is 3. The highest BCUT2D eigenvalue weighted by Gasteiger charge is 2.21. The first-order valence-corrected chi connectivity index (χ1v) is 7.01. The van der Waals surface area contributed by atoms with Gasteiger partial charge in [0.2, 0.25) is 5.91 Å². The van der Waals surface area contributed by atoms with Crippen molar-refractivity contribution < 1.29 is 4.79 Å². The Morgan fingerprint density at radius 1 is 1.47 bits per heavy atom. The molecule has 0 radical (unpaired) electrons. The minimum Gasteiger partial charge on any atom is -0.348 e. The normalized spacial score (nSPS) is 18.5. The van der Waals surface area contributed by atoms with Crippen molar-refractivity contribution in [2.45, 2.75) is 24.3 Å². The number of amides is 1. The predicted octanol–water partition coefficient (Wildman–Crippen LogP) is 1.95. The van der Waals surface area contributed by atoms with Crippen LogP contribution in [0.4, 0.5) is 0 Å². The summed E-state index contributed by atoms with van der Waals surface area (Å²) in [5.41, 5.74) is 1.26. The molecule has 1 aliphatic rings. The van der Waals surface area contributed by atoms with E-state index in [1.807, 2.05) is 24.8 Å². The van der Waals surface area contributed by atoms with Gasteiger partial charge in [0, 0.05) is 10.6 Å². The van der Waals surface area contributed by atoms with Crippen LogP contribution < -0.4 is 10.6 Å². The van der Waals surface area contributed by atoms with Crippen LogP contribution in [-0.4, -0.2) is 24.7 Å². The van der Waals surface area contributed by atoms with E-state index in [9.17, 15) is 4.79 Å². The first-order chi connectivity index (χ1) is 8.31. The van der Waals surface area contributed by atoms with Crippen LogP contribution in [0.1, 0.15) is 24.9 Å². The maximum absolute atomic E-state index is 11.7. The smallest absolute Gasteiger partial charge is 0.234 e. The second-order valence-electron chi connectivity index (χ2n) is 4.08. The molecule has 1 aromatic carbocycles. The number of carbonyl (C=O) groups is 1. The summed E-state index contributed by atoms with van der Waals surface area (Å²) in [5.74, 6) is 1.15. The van der Waals surface area contributed by atoms with Gasteiger partial charge in [-0.2, -0.15) is 0 Å². The molecule has 0 aliphatic carbocycles. The van der Waals surface area contributed by atoms with Gasteiger partial charge in [0.05, 0.1) is 12.6 Å². The third kappa shape index (κ3) is 3.23. The summed E-state index contributed by atoms with van der Waals surface area (Å²) in [4.78, 5) is 13.0. The lowest BCUT2D eigenvalue weighted by Gasteiger charge is -2.25. The van der Waals surface area contributed by atoms with E-state index in [4.69, 9.17) is 0 Å². The Morgan fingerprint density at radius 2 is 2.29 bits per heavy atom. The van der Waals surface area contributed by atoms with Crippen LogP contribution in [0.3, 0.4) is 0 Å². The lowest BCUT2D eigenvalue weighted by molar-refractivity contribution is -0.121. The molecule has 1 amide bonds. The highest BCUT2D eigenvalue weighted by atomic mass is 32.2. The molecule has 1 unspecified atom stereocenters. The van der Waals surface area contributed by atoms with Crippen LogP contribution in [0, 0.1) is 0 Å². The Bertz CT molecular complexity index is 395. The number of rotatable bonds is 4. The summed E-state index contributed by atoms with van der Waals surface area (Å²) < 4.78 is 0. The van der Waals surface area contributed by atoms with Gasteiger partial charge in [-0.25, -0.2) is 0 Å². The third-order valence-corrected chi connectivity index (χ3v) is 3.95. The lowest BCUT2D eigenvalue weighted by Crippen LogP contribution is -2.37. The molecule has 0 bridgehead atoms. The Balaban J connectivity index is 2.01. The van der Waals surface area contributed by atoms with Crippen LogP contribution in [0.25, 0.3) is 0 Å². The SMILES string of the molecule is CCNCC(=O)NC1CCSc2ccccc21. The van der Waals surface area contributed by atoms with E-state index in [1.165, 1.54) is 10.5 Å². The van der Waals surface area contributed by atoms with E-state index in [0.29, 0.717) is 6.54 Å². The molecular formula is C13H18N2OS. The van der Waals surface area contributed by atoms with Gasteiger partial charge in [-0.15, -0.1) is 11.8 Å². The molecule has 0 aromatic heterocycles. The van der Waals surface area contributed by atoms with E-state index in [0.717, 1.165) is 18.7 Å². The number of benzene rings is 1. The monoisotopic (exact) mass is 250 g/mol. The van der Waals surface area contributed by atoms with Gasteiger partial charge >= 0.3 is 0 Å². The summed E-state index contributed by atoms with van der Waals surface area (Å²) >= 11 is 1.87. The molecule has 17 heavy (non-hydrogen) atoms. The maximum Gasteiger partial charge on any atom is 0.234 e. The van der Waals surface area contributed by atoms with Crippen molar-refractivity contribution in [2.75, 3.05) is 18.8 Å². The van der Waals surface area contributed by atoms with Gasteiger partial charge in [0.15, 0.2) is 0 Å². The van der Waals surface area contributed by atoms with Gasteiger partial charge in [0.25, 0.3) is 0 Å². The van der Waals surface area contributed by atoms with Gasteiger partial charge < -0.3 is 10.6 Å². The number of carbonyl (C=O) groups excluding carboxylic acids is 1. The predicted molar refractivity (Wildman–Crippen MR) is 71.2 cm³/mol. The number of nitrogens with one attached hydrogen (secondary N) is 2. The van der Waals surface area contributed by atoms with Crippen molar-refractivity contribution in [3.8, 4) is 0 Å². The van der Waals surface area contributed by atoms with Crippen LogP contribution >= 0.6 is 11.8 Å². The first-order valence-electron chi connectivity index (χ1n) is 6.03. The van der Waals surface area contributed by atoms with Crippen LogP contribution in [0.2, 0.25) is 0 Å². The fraction of sp³-hybridized carbons (Fsp3) is 0.462. The molecule has 1 heterocycles. The summed E-state index contributed by atoms with van der Waals surface area (Å²) in [7, 11) is 0. The minimum absolute atomic E-state index is 0.0820. The molecule has 1 aliphatic heterocycles. The van der Waals surface area contributed by atoms with Crippen molar-refractivity contribution in [1.29, 1.82) is 0 Å². The number of hydrogen-bond donors (Lipinski definition) is 2. The topological polar surface area (TPSA) is 41.1 Å². The molecule has 1 atom stereocenters. The summed E-state index contributed by atoms with van der Waals surface area (Å²) in [6.07, 6.45) is 1.01. The third-order valence-electron chi connectivity index (χ3n) is 2.83. The van der Waals surface area contributed by atoms with Crippen molar-refractivity contribution in [2.24, 2.45) is 0 Å². The second kappa shape index (κ2) is 6.07. The molecule has 0 spiro atoms. The van der Waals surface area contributed by atoms with E-state index in [2.05, 4.69) is 28.8 Å². The van der Waals surface area contributed by atoms with E-state index in [-0.39, 0.29) is 11.9 Å². The largest absolute Gasteiger partial charge is 0.348 e. The van der Waals surface area contributed by atoms with Crippen LogP contribution in [0.5, 0.6) is 0 Å². The van der Waals surface area contributed by atoms with E-state index >= 15 is 0 Å².